The molecule has 0 saturated carbocycles. The Bertz CT molecular complexity index is 1250. The Morgan fingerprint density at radius 1 is 1.00 bits per heavy atom. The Hall–Kier alpha value is -3.23. The summed E-state index contributed by atoms with van der Waals surface area (Å²) < 4.78 is 25.9. The molecule has 0 radical (unpaired) electrons. The van der Waals surface area contributed by atoms with Crippen molar-refractivity contribution in [3.8, 4) is 0 Å². The lowest BCUT2D eigenvalue weighted by Gasteiger charge is -2.30. The van der Waals surface area contributed by atoms with Crippen LogP contribution in [-0.2, 0) is 14.8 Å². The first-order chi connectivity index (χ1) is 15.5. The molecule has 1 aliphatic heterocycles. The lowest BCUT2D eigenvalue weighted by Crippen LogP contribution is -2.29. The van der Waals surface area contributed by atoms with E-state index in [1.807, 2.05) is 12.1 Å². The van der Waals surface area contributed by atoms with E-state index in [1.165, 1.54) is 50.2 Å². The maximum absolute atomic E-state index is 12.6. The van der Waals surface area contributed by atoms with E-state index < -0.39 is 10.0 Å². The maximum atomic E-state index is 12.6. The smallest absolute Gasteiger partial charge is 0.248 e. The van der Waals surface area contributed by atoms with Gasteiger partial charge in [-0.05, 0) is 68.3 Å². The van der Waals surface area contributed by atoms with Crippen LogP contribution in [0.4, 0.5) is 11.4 Å². The van der Waals surface area contributed by atoms with Gasteiger partial charge in [-0.2, -0.15) is 0 Å². The molecule has 3 aromatic rings. The zero-order valence-corrected chi connectivity index (χ0v) is 18.7. The van der Waals surface area contributed by atoms with E-state index in [4.69, 9.17) is 0 Å². The molecule has 2 heterocycles. The summed E-state index contributed by atoms with van der Waals surface area (Å²) in [6.07, 6.45) is 10.3. The van der Waals surface area contributed by atoms with Crippen LogP contribution in [0.5, 0.6) is 0 Å². The number of carbonyl (C=O) groups excluding carboxylic acids is 1. The van der Waals surface area contributed by atoms with Gasteiger partial charge in [-0.3, -0.25) is 9.78 Å². The number of anilines is 2. The molecule has 1 aromatic heterocycles. The molecule has 0 unspecified atom stereocenters. The van der Waals surface area contributed by atoms with Gasteiger partial charge in [0.15, 0.2) is 0 Å². The summed E-state index contributed by atoms with van der Waals surface area (Å²) >= 11 is 0. The zero-order chi connectivity index (χ0) is 22.6. The van der Waals surface area contributed by atoms with E-state index in [-0.39, 0.29) is 10.8 Å². The molecule has 2 aromatic carbocycles. The average Bonchev–Trinajstić information content (AvgIpc) is 2.84. The van der Waals surface area contributed by atoms with Gasteiger partial charge in [0.2, 0.25) is 15.9 Å². The summed E-state index contributed by atoms with van der Waals surface area (Å²) in [7, 11) is -2.12. The molecule has 32 heavy (non-hydrogen) atoms. The van der Waals surface area contributed by atoms with Crippen LogP contribution >= 0.6 is 0 Å². The summed E-state index contributed by atoms with van der Waals surface area (Å²) in [6.45, 7) is 2.08. The fourth-order valence-corrected chi connectivity index (χ4v) is 4.65. The normalized spacial score (nSPS) is 14.7. The number of nitrogens with one attached hydrogen (secondary N) is 2. The average molecular weight is 451 g/mol. The van der Waals surface area contributed by atoms with E-state index in [2.05, 4.69) is 26.0 Å². The maximum Gasteiger partial charge on any atom is 0.248 e. The molecule has 4 rings (SSSR count). The summed E-state index contributed by atoms with van der Waals surface area (Å²) in [5.41, 5.74) is 2.60. The fraction of sp³-hybridized carbons (Fsp3) is 0.250. The van der Waals surface area contributed by atoms with Crippen LogP contribution in [0.3, 0.4) is 0 Å². The molecule has 0 bridgehead atoms. The van der Waals surface area contributed by atoms with Crippen molar-refractivity contribution in [3.63, 3.8) is 0 Å². The van der Waals surface area contributed by atoms with E-state index in [0.717, 1.165) is 29.4 Å². The molecular weight excluding hydrogens is 424 g/mol. The molecule has 1 saturated heterocycles. The highest BCUT2D eigenvalue weighted by molar-refractivity contribution is 7.89. The molecule has 1 fully saturated rings. The lowest BCUT2D eigenvalue weighted by atomic mass is 10.1. The predicted molar refractivity (Wildman–Crippen MR) is 128 cm³/mol. The van der Waals surface area contributed by atoms with Crippen molar-refractivity contribution in [1.29, 1.82) is 0 Å². The summed E-state index contributed by atoms with van der Waals surface area (Å²) in [4.78, 5) is 19.4. The number of hydrogen-bond acceptors (Lipinski definition) is 5. The first-order valence-corrected chi connectivity index (χ1v) is 12.1. The van der Waals surface area contributed by atoms with Crippen LogP contribution in [-0.4, -0.2) is 39.4 Å². The van der Waals surface area contributed by atoms with Gasteiger partial charge < -0.3 is 10.2 Å². The van der Waals surface area contributed by atoms with Crippen molar-refractivity contribution in [2.75, 3.05) is 30.4 Å². The third-order valence-electron chi connectivity index (χ3n) is 5.64. The van der Waals surface area contributed by atoms with Crippen molar-refractivity contribution in [1.82, 2.24) is 9.71 Å². The highest BCUT2D eigenvalue weighted by atomic mass is 32.2. The number of carbonyl (C=O) groups is 1. The van der Waals surface area contributed by atoms with Crippen LogP contribution in [0.25, 0.3) is 16.8 Å². The lowest BCUT2D eigenvalue weighted by molar-refractivity contribution is -0.111. The Balaban J connectivity index is 1.51. The minimum Gasteiger partial charge on any atom is -0.371 e. The highest BCUT2D eigenvalue weighted by Crippen LogP contribution is 2.33. The van der Waals surface area contributed by atoms with Crippen LogP contribution < -0.4 is 14.9 Å². The number of hydrogen-bond donors (Lipinski definition) is 2. The summed E-state index contributed by atoms with van der Waals surface area (Å²) in [5.74, 6) is -0.271. The van der Waals surface area contributed by atoms with E-state index >= 15 is 0 Å². The Labute approximate surface area is 188 Å². The summed E-state index contributed by atoms with van der Waals surface area (Å²) in [5, 5.41) is 4.92. The highest BCUT2D eigenvalue weighted by Gasteiger charge is 2.15. The Morgan fingerprint density at radius 2 is 1.75 bits per heavy atom. The SMILES string of the molecule is CNS(=O)(=O)c1ccc(C=CC(=O)Nc2ccc(N3CCCCC3)c3ccncc23)cc1. The van der Waals surface area contributed by atoms with Crippen molar-refractivity contribution in [3.05, 3.63) is 66.5 Å². The molecule has 2 N–H and O–H groups in total. The molecule has 166 valence electrons. The van der Waals surface area contributed by atoms with Gasteiger partial charge >= 0.3 is 0 Å². The van der Waals surface area contributed by atoms with E-state index in [9.17, 15) is 13.2 Å². The topological polar surface area (TPSA) is 91.4 Å². The van der Waals surface area contributed by atoms with Gasteiger partial charge in [-0.1, -0.05) is 12.1 Å². The Morgan fingerprint density at radius 3 is 2.47 bits per heavy atom. The second-order valence-electron chi connectivity index (χ2n) is 7.70. The fourth-order valence-electron chi connectivity index (χ4n) is 3.92. The minimum absolute atomic E-state index is 0.175. The largest absolute Gasteiger partial charge is 0.371 e. The second-order valence-corrected chi connectivity index (χ2v) is 9.59. The standard InChI is InChI=1S/C24H26N4O3S/c1-25-32(30,31)19-8-5-18(6-9-19)7-12-24(29)27-22-10-11-23(28-15-3-2-4-16-28)20-13-14-26-17-21(20)22/h5-14,17,25H,2-4,15-16H2,1H3,(H,27,29). The van der Waals surface area contributed by atoms with Crippen molar-refractivity contribution in [2.24, 2.45) is 0 Å². The van der Waals surface area contributed by atoms with Gasteiger partial charge in [-0.25, -0.2) is 13.1 Å². The number of nitrogens with zero attached hydrogens (tertiary/aromatic N) is 2. The first-order valence-electron chi connectivity index (χ1n) is 10.6. The number of rotatable bonds is 6. The number of aromatic nitrogens is 1. The summed E-state index contributed by atoms with van der Waals surface area (Å²) in [6, 6.07) is 12.3. The van der Waals surface area contributed by atoms with Gasteiger partial charge in [0.05, 0.1) is 10.6 Å². The molecule has 0 spiro atoms. The number of pyridine rings is 1. The van der Waals surface area contributed by atoms with Crippen molar-refractivity contribution >= 4 is 44.2 Å². The molecular formula is C24H26N4O3S. The van der Waals surface area contributed by atoms with Crippen molar-refractivity contribution < 1.29 is 13.2 Å². The van der Waals surface area contributed by atoms with Crippen molar-refractivity contribution in [2.45, 2.75) is 24.2 Å². The van der Waals surface area contributed by atoms with Crippen LogP contribution in [0.15, 0.2) is 65.8 Å². The monoisotopic (exact) mass is 450 g/mol. The van der Waals surface area contributed by atoms with Crippen LogP contribution in [0.1, 0.15) is 24.8 Å². The Kier molecular flexibility index (Phi) is 6.53. The third kappa shape index (κ3) is 4.81. The molecule has 7 nitrogen and oxygen atoms in total. The minimum atomic E-state index is -3.48. The number of fused-ring (bicyclic) bond motifs is 1. The number of benzene rings is 2. The molecule has 0 atom stereocenters. The van der Waals surface area contributed by atoms with Crippen LogP contribution in [0.2, 0.25) is 0 Å². The first kappa shape index (κ1) is 22.0. The van der Waals surface area contributed by atoms with E-state index in [0.29, 0.717) is 5.69 Å². The molecule has 8 heteroatoms. The van der Waals surface area contributed by atoms with Gasteiger partial charge in [0, 0.05) is 48.0 Å². The van der Waals surface area contributed by atoms with Gasteiger partial charge in [-0.15, -0.1) is 0 Å². The van der Waals surface area contributed by atoms with Crippen LogP contribution in [0, 0.1) is 0 Å². The molecule has 1 aliphatic rings. The van der Waals surface area contributed by atoms with Gasteiger partial charge in [0.25, 0.3) is 0 Å². The van der Waals surface area contributed by atoms with Gasteiger partial charge in [0.1, 0.15) is 0 Å². The number of amides is 1. The number of piperidine rings is 1. The molecule has 0 aliphatic carbocycles. The second kappa shape index (κ2) is 9.50. The van der Waals surface area contributed by atoms with E-state index in [1.54, 1.807) is 30.6 Å². The quantitative estimate of drug-likeness (QED) is 0.558. The third-order valence-corrected chi connectivity index (χ3v) is 7.07. The number of sulfonamides is 1. The molecule has 1 amide bonds. The zero-order valence-electron chi connectivity index (χ0n) is 17.9. The predicted octanol–water partition coefficient (Wildman–Crippen LogP) is 3.79.